The number of carbonyl (C=O) groups excluding carboxylic acids is 1. The van der Waals surface area contributed by atoms with Crippen LogP contribution in [0.15, 0.2) is 0 Å². The molecule has 0 aromatic heterocycles. The molecular formula is C16H29NO2. The molecule has 1 N–H and O–H groups in total. The van der Waals surface area contributed by atoms with Crippen LogP contribution in [0.4, 0.5) is 0 Å². The highest BCUT2D eigenvalue weighted by Crippen LogP contribution is 2.46. The molecule has 0 aromatic rings. The zero-order chi connectivity index (χ0) is 13.9. The van der Waals surface area contributed by atoms with Gasteiger partial charge in [-0.25, -0.2) is 0 Å². The topological polar surface area (TPSA) is 40.5 Å². The smallest absolute Gasteiger partial charge is 0.219 e. The minimum absolute atomic E-state index is 0.0308. The van der Waals surface area contributed by atoms with E-state index >= 15 is 0 Å². The number of amides is 1. The van der Waals surface area contributed by atoms with Gasteiger partial charge in [-0.1, -0.05) is 19.8 Å². The van der Waals surface area contributed by atoms with E-state index in [1.54, 1.807) is 6.92 Å². The molecule has 1 saturated carbocycles. The molecule has 3 atom stereocenters. The van der Waals surface area contributed by atoms with Crippen molar-refractivity contribution in [2.45, 2.75) is 83.3 Å². The van der Waals surface area contributed by atoms with Gasteiger partial charge >= 0.3 is 0 Å². The summed E-state index contributed by atoms with van der Waals surface area (Å²) in [6.07, 6.45) is 9.69. The van der Waals surface area contributed by atoms with E-state index in [-0.39, 0.29) is 17.6 Å². The number of aliphatic hydroxyl groups is 1. The van der Waals surface area contributed by atoms with Gasteiger partial charge in [0.2, 0.25) is 5.91 Å². The van der Waals surface area contributed by atoms with Crippen molar-refractivity contribution in [2.75, 3.05) is 6.54 Å². The Labute approximate surface area is 117 Å². The normalized spacial score (nSPS) is 35.6. The second-order valence-corrected chi connectivity index (χ2v) is 6.44. The summed E-state index contributed by atoms with van der Waals surface area (Å²) in [6, 6.07) is 0. The first-order valence-corrected chi connectivity index (χ1v) is 8.08. The monoisotopic (exact) mass is 267 g/mol. The fourth-order valence-corrected chi connectivity index (χ4v) is 4.42. The minimum Gasteiger partial charge on any atom is -0.393 e. The van der Waals surface area contributed by atoms with E-state index in [1.165, 1.54) is 12.8 Å². The zero-order valence-electron chi connectivity index (χ0n) is 12.5. The van der Waals surface area contributed by atoms with Gasteiger partial charge in [-0.3, -0.25) is 4.79 Å². The fourth-order valence-electron chi connectivity index (χ4n) is 4.42. The highest BCUT2D eigenvalue weighted by atomic mass is 16.3. The van der Waals surface area contributed by atoms with Crippen molar-refractivity contribution in [3.8, 4) is 0 Å². The Balaban J connectivity index is 2.25. The zero-order valence-corrected chi connectivity index (χ0v) is 12.5. The number of carbonyl (C=O) groups is 1. The number of rotatable bonds is 3. The maximum absolute atomic E-state index is 12.0. The number of likely N-dealkylation sites (tertiary alicyclic amines) is 1. The molecule has 2 aliphatic rings. The van der Waals surface area contributed by atoms with Crippen LogP contribution >= 0.6 is 0 Å². The molecule has 1 spiro atoms. The Morgan fingerprint density at radius 1 is 1.32 bits per heavy atom. The van der Waals surface area contributed by atoms with Gasteiger partial charge in [-0.15, -0.1) is 0 Å². The lowest BCUT2D eigenvalue weighted by Crippen LogP contribution is -2.62. The Morgan fingerprint density at radius 2 is 2.05 bits per heavy atom. The van der Waals surface area contributed by atoms with Crippen LogP contribution in [-0.4, -0.2) is 34.1 Å². The molecule has 1 saturated heterocycles. The van der Waals surface area contributed by atoms with Gasteiger partial charge < -0.3 is 10.0 Å². The molecule has 2 rings (SSSR count). The van der Waals surface area contributed by atoms with Gasteiger partial charge in [0.05, 0.1) is 6.10 Å². The molecule has 0 unspecified atom stereocenters. The number of hydrogen-bond acceptors (Lipinski definition) is 2. The molecule has 0 bridgehead atoms. The summed E-state index contributed by atoms with van der Waals surface area (Å²) in [5.41, 5.74) is -0.0308. The fraction of sp³-hybridized carbons (Fsp3) is 0.938. The number of aliphatic hydroxyl groups excluding tert-OH is 1. The van der Waals surface area contributed by atoms with Crippen LogP contribution in [-0.2, 0) is 4.79 Å². The van der Waals surface area contributed by atoms with Crippen LogP contribution in [0.5, 0.6) is 0 Å². The Morgan fingerprint density at radius 3 is 2.74 bits per heavy atom. The van der Waals surface area contributed by atoms with Crippen molar-refractivity contribution >= 4 is 5.91 Å². The molecule has 3 heteroatoms. The average molecular weight is 267 g/mol. The number of unbranched alkanes of at least 4 members (excludes halogenated alkanes) is 1. The average Bonchev–Trinajstić information content (AvgIpc) is 2.38. The van der Waals surface area contributed by atoms with Crippen molar-refractivity contribution in [3.05, 3.63) is 0 Å². The molecule has 1 amide bonds. The van der Waals surface area contributed by atoms with Gasteiger partial charge in [0.25, 0.3) is 0 Å². The number of piperidine rings is 1. The largest absolute Gasteiger partial charge is 0.393 e. The molecule has 19 heavy (non-hydrogen) atoms. The molecule has 0 aromatic carbocycles. The quantitative estimate of drug-likeness (QED) is 0.853. The predicted octanol–water partition coefficient (Wildman–Crippen LogP) is 3.11. The molecule has 2 fully saturated rings. The first-order chi connectivity index (χ1) is 9.12. The van der Waals surface area contributed by atoms with Crippen LogP contribution in [0.2, 0.25) is 0 Å². The van der Waals surface area contributed by atoms with Crippen LogP contribution in [0.25, 0.3) is 0 Å². The first-order valence-electron chi connectivity index (χ1n) is 8.08. The minimum atomic E-state index is -0.208. The number of nitrogens with zero attached hydrogens (tertiary/aromatic N) is 1. The van der Waals surface area contributed by atoms with E-state index in [0.717, 1.165) is 51.5 Å². The standard InChI is InChI=1S/C16H29NO2/c1-3-4-8-14-15(19)9-7-11-16(14)10-5-6-12-17(16)13(2)18/h14-15,19H,3-12H2,1-2H3/t14-,15+,16-/m1/s1. The molecule has 3 nitrogen and oxygen atoms in total. The Bertz CT molecular complexity index is 314. The molecular weight excluding hydrogens is 238 g/mol. The van der Waals surface area contributed by atoms with E-state index < -0.39 is 0 Å². The van der Waals surface area contributed by atoms with Crippen molar-refractivity contribution in [2.24, 2.45) is 5.92 Å². The van der Waals surface area contributed by atoms with Crippen molar-refractivity contribution in [1.82, 2.24) is 4.90 Å². The third-order valence-corrected chi connectivity index (χ3v) is 5.29. The van der Waals surface area contributed by atoms with Crippen molar-refractivity contribution < 1.29 is 9.90 Å². The lowest BCUT2D eigenvalue weighted by molar-refractivity contribution is -0.149. The summed E-state index contributed by atoms with van der Waals surface area (Å²) >= 11 is 0. The second-order valence-electron chi connectivity index (χ2n) is 6.44. The van der Waals surface area contributed by atoms with Crippen LogP contribution < -0.4 is 0 Å². The number of hydrogen-bond donors (Lipinski definition) is 1. The van der Waals surface area contributed by atoms with E-state index in [2.05, 4.69) is 11.8 Å². The Hall–Kier alpha value is -0.570. The van der Waals surface area contributed by atoms with Gasteiger partial charge in [0.15, 0.2) is 0 Å². The van der Waals surface area contributed by atoms with Gasteiger partial charge in [0.1, 0.15) is 0 Å². The summed E-state index contributed by atoms with van der Waals surface area (Å²) in [4.78, 5) is 14.2. The summed E-state index contributed by atoms with van der Waals surface area (Å²) < 4.78 is 0. The van der Waals surface area contributed by atoms with Crippen molar-refractivity contribution in [1.29, 1.82) is 0 Å². The van der Waals surface area contributed by atoms with E-state index in [9.17, 15) is 9.90 Å². The highest BCUT2D eigenvalue weighted by molar-refractivity contribution is 5.74. The highest BCUT2D eigenvalue weighted by Gasteiger charge is 2.50. The summed E-state index contributed by atoms with van der Waals surface area (Å²) in [5, 5.41) is 10.5. The third kappa shape index (κ3) is 2.81. The van der Waals surface area contributed by atoms with Gasteiger partial charge in [-0.2, -0.15) is 0 Å². The molecule has 1 heterocycles. The second kappa shape index (κ2) is 6.25. The predicted molar refractivity (Wildman–Crippen MR) is 76.8 cm³/mol. The molecule has 1 aliphatic carbocycles. The van der Waals surface area contributed by atoms with Crippen LogP contribution in [0.3, 0.4) is 0 Å². The maximum Gasteiger partial charge on any atom is 0.219 e. The maximum atomic E-state index is 12.0. The molecule has 1 aliphatic heterocycles. The third-order valence-electron chi connectivity index (χ3n) is 5.29. The van der Waals surface area contributed by atoms with Crippen LogP contribution in [0.1, 0.15) is 71.6 Å². The van der Waals surface area contributed by atoms with Gasteiger partial charge in [-0.05, 0) is 44.9 Å². The molecule has 110 valence electrons. The SMILES string of the molecule is CCCC[C@@H]1[C@@H](O)CCC[C@]12CCCCN2C(C)=O. The lowest BCUT2D eigenvalue weighted by Gasteiger charge is -2.55. The van der Waals surface area contributed by atoms with Gasteiger partial charge in [0, 0.05) is 24.9 Å². The summed E-state index contributed by atoms with van der Waals surface area (Å²) in [5.74, 6) is 0.501. The van der Waals surface area contributed by atoms with E-state index in [1.807, 2.05) is 0 Å². The molecule has 0 radical (unpaired) electrons. The van der Waals surface area contributed by atoms with Crippen molar-refractivity contribution in [3.63, 3.8) is 0 Å². The Kier molecular flexibility index (Phi) is 4.88. The van der Waals surface area contributed by atoms with E-state index in [4.69, 9.17) is 0 Å². The van der Waals surface area contributed by atoms with Crippen LogP contribution in [0, 0.1) is 5.92 Å². The lowest BCUT2D eigenvalue weighted by atomic mass is 9.64. The first kappa shape index (κ1) is 14.8. The van der Waals surface area contributed by atoms with E-state index in [0.29, 0.717) is 5.92 Å². The summed E-state index contributed by atoms with van der Waals surface area (Å²) in [6.45, 7) is 4.79. The summed E-state index contributed by atoms with van der Waals surface area (Å²) in [7, 11) is 0.